The summed E-state index contributed by atoms with van der Waals surface area (Å²) in [5.41, 5.74) is 5.60. The number of nitrogens with two attached hydrogens (primary N) is 1. The van der Waals surface area contributed by atoms with Gasteiger partial charge in [0.05, 0.1) is 18.9 Å². The third kappa shape index (κ3) is 16.7. The standard InChI is InChI=1S/C55H77ClN10O13S/c1-31(2)46(63-51(80)59-23-9-10-25-66-43(67)20-21-44(66)68)49(70)62-37(14-12-24-58-50(57)71)48(69)60-35-16-18-36(19-17-35)61-52(72)78-41-22-26-65(6)38-28-34(29-39(75-7)45(38)56)27-32(3)13-11-15-42(76-8)55(74)30-40(77-53(73)64-55)33(4)47-54(41,5)79-47/h11,13,15-21,28-29,31,33,37,40-43,46-47,67,74H,9-10,12,14,22-27,30H2,1-8H3,(H,60,69)(H,61,72)(H,62,70)(H,64,73)(H3,57,58,71)(H2,59,63,80)/b15-11+,32-13+/t33-,37+,40+,41+,42-,43?,46+,47+,54+,55+/m1/s1. The van der Waals surface area contributed by atoms with Crippen LogP contribution in [0.4, 0.5) is 31.4 Å². The van der Waals surface area contributed by atoms with E-state index in [9.17, 15) is 39.0 Å². The number of unbranched alkanes of at least 4 members (excludes halogenated alkanes) is 1. The summed E-state index contributed by atoms with van der Waals surface area (Å²) in [7, 11) is 4.86. The van der Waals surface area contributed by atoms with Gasteiger partial charge in [0.15, 0.2) is 10.8 Å². The molecule has 11 N–H and O–H groups in total. The Morgan fingerprint density at radius 2 is 1.70 bits per heavy atom. The number of anilines is 3. The Morgan fingerprint density at radius 3 is 2.35 bits per heavy atom. The fraction of sp³-hybridized carbons (Fsp3) is 0.545. The lowest BCUT2D eigenvalue weighted by Crippen LogP contribution is -2.63. The number of aliphatic hydroxyl groups is 2. The number of thiocarbonyl (C=S) groups is 1. The van der Waals surface area contributed by atoms with Crippen molar-refractivity contribution in [2.75, 3.05) is 63.0 Å². The Kier molecular flexibility index (Phi) is 22.0. The maximum Gasteiger partial charge on any atom is 0.412 e. The van der Waals surface area contributed by atoms with E-state index >= 15 is 0 Å². The Bertz CT molecular complexity index is 2660. The third-order valence-electron chi connectivity index (χ3n) is 14.6. The molecular formula is C55H77ClN10O13S. The van der Waals surface area contributed by atoms with E-state index in [0.717, 1.165) is 11.1 Å². The molecule has 4 aliphatic rings. The summed E-state index contributed by atoms with van der Waals surface area (Å²) in [6, 6.07) is 7.47. The number of carbonyl (C=O) groups excluding carboxylic acids is 6. The number of allylic oxidation sites excluding steroid dienone is 3. The van der Waals surface area contributed by atoms with Gasteiger partial charge in [0.1, 0.15) is 53.0 Å². The van der Waals surface area contributed by atoms with Crippen LogP contribution in [0.2, 0.25) is 5.02 Å². The van der Waals surface area contributed by atoms with Gasteiger partial charge in [-0.3, -0.25) is 25.0 Å². The minimum Gasteiger partial charge on any atom is -0.495 e. The Hall–Kier alpha value is -6.70. The van der Waals surface area contributed by atoms with Crippen molar-refractivity contribution in [1.29, 1.82) is 0 Å². The number of alkyl carbamates (subject to hydrolysis) is 1. The van der Waals surface area contributed by atoms with Crippen LogP contribution in [-0.2, 0) is 39.8 Å². The second-order valence-electron chi connectivity index (χ2n) is 21.1. The van der Waals surface area contributed by atoms with E-state index < -0.39 is 90.0 Å². The second kappa shape index (κ2) is 28.1. The Labute approximate surface area is 477 Å². The highest BCUT2D eigenvalue weighted by Gasteiger charge is 2.64. The van der Waals surface area contributed by atoms with Crippen LogP contribution in [0.15, 0.2) is 72.4 Å². The van der Waals surface area contributed by atoms with E-state index in [1.807, 2.05) is 64.8 Å². The minimum atomic E-state index is -1.83. The number of nitrogens with one attached hydrogen (secondary N) is 7. The number of ether oxygens (including phenoxy) is 5. The lowest BCUT2D eigenvalue weighted by Gasteiger charge is -2.42. The quantitative estimate of drug-likeness (QED) is 0.0518. The number of hydrogen-bond acceptors (Lipinski definition) is 15. The number of halogens is 1. The largest absolute Gasteiger partial charge is 0.495 e. The van der Waals surface area contributed by atoms with E-state index in [0.29, 0.717) is 66.7 Å². The molecule has 2 fully saturated rings. The molecule has 7 amide bonds. The number of nitrogens with zero attached hydrogens (tertiary/aromatic N) is 2. The molecule has 2 saturated heterocycles. The highest BCUT2D eigenvalue weighted by atomic mass is 35.5. The normalized spacial score (nSPS) is 26.5. The molecule has 4 heterocycles. The highest BCUT2D eigenvalue weighted by Crippen LogP contribution is 2.49. The molecule has 438 valence electrons. The molecule has 0 spiro atoms. The van der Waals surface area contributed by atoms with Gasteiger partial charge in [-0.05, 0) is 112 Å². The van der Waals surface area contributed by atoms with Crippen LogP contribution in [0.5, 0.6) is 5.75 Å². The number of carbonyl (C=O) groups is 6. The second-order valence-corrected chi connectivity index (χ2v) is 21.9. The summed E-state index contributed by atoms with van der Waals surface area (Å²) >= 11 is 12.4. The summed E-state index contributed by atoms with van der Waals surface area (Å²) in [6.45, 7) is 10.6. The molecule has 25 heteroatoms. The van der Waals surface area contributed by atoms with Gasteiger partial charge in [-0.1, -0.05) is 56.2 Å². The number of aliphatic hydroxyl groups excluding tert-OH is 1. The van der Waals surface area contributed by atoms with Gasteiger partial charge in [-0.25, -0.2) is 14.4 Å². The number of benzene rings is 2. The van der Waals surface area contributed by atoms with Crippen molar-refractivity contribution < 1.29 is 62.7 Å². The van der Waals surface area contributed by atoms with E-state index in [4.69, 9.17) is 53.2 Å². The molecule has 4 aliphatic heterocycles. The van der Waals surface area contributed by atoms with Crippen molar-refractivity contribution in [3.8, 4) is 5.75 Å². The fourth-order valence-corrected chi connectivity index (χ4v) is 10.6. The van der Waals surface area contributed by atoms with Crippen molar-refractivity contribution in [2.45, 2.75) is 134 Å². The van der Waals surface area contributed by atoms with Crippen LogP contribution in [0.25, 0.3) is 0 Å². The van der Waals surface area contributed by atoms with Gasteiger partial charge < -0.3 is 76.0 Å². The minimum absolute atomic E-state index is 0.0380. The maximum atomic E-state index is 13.9. The van der Waals surface area contributed by atoms with Crippen LogP contribution in [-0.4, -0.2) is 158 Å². The van der Waals surface area contributed by atoms with Crippen LogP contribution >= 0.6 is 23.8 Å². The molecule has 2 aromatic rings. The summed E-state index contributed by atoms with van der Waals surface area (Å²) in [6.07, 6.45) is 4.69. The van der Waals surface area contributed by atoms with Crippen molar-refractivity contribution in [3.63, 3.8) is 0 Å². The first-order valence-corrected chi connectivity index (χ1v) is 27.5. The van der Waals surface area contributed by atoms with Crippen LogP contribution in [0, 0.1) is 11.8 Å². The molecule has 0 aliphatic carbocycles. The third-order valence-corrected chi connectivity index (χ3v) is 15.2. The van der Waals surface area contributed by atoms with Crippen molar-refractivity contribution in [1.82, 2.24) is 31.5 Å². The van der Waals surface area contributed by atoms with Gasteiger partial charge in [-0.15, -0.1) is 0 Å². The van der Waals surface area contributed by atoms with E-state index in [1.54, 1.807) is 43.5 Å². The van der Waals surface area contributed by atoms with Crippen LogP contribution < -0.4 is 52.6 Å². The van der Waals surface area contributed by atoms with Gasteiger partial charge in [0.25, 0.3) is 0 Å². The predicted octanol–water partition coefficient (Wildman–Crippen LogP) is 4.70. The summed E-state index contributed by atoms with van der Waals surface area (Å²) < 4.78 is 29.8. The Balaban J connectivity index is 1.13. The van der Waals surface area contributed by atoms with E-state index in [2.05, 4.69) is 37.2 Å². The first-order chi connectivity index (χ1) is 37.9. The zero-order valence-electron chi connectivity index (χ0n) is 46.5. The Morgan fingerprint density at radius 1 is 1.00 bits per heavy atom. The SMILES string of the molecule is COc1cc2cc(c1Cl)N(C)CC[C@H](OC(=O)Nc1ccc(NC(=O)[C@H](CCCNC(N)=O)NC(=O)[C@@H](NC(=S)NCCCCN3C(=O)C=CC3O)C(C)C)cc1)[C@]1(C)O[C@H]1[C@H](C)[C@@H]1C[C@@](O)(NC(=O)O1)[C@H](OC)/C=C/C=C(\C)C2. The summed E-state index contributed by atoms with van der Waals surface area (Å²) in [5.74, 6) is -1.57. The van der Waals surface area contributed by atoms with Crippen LogP contribution in [0.3, 0.4) is 0 Å². The number of fused-ring (bicyclic) bond motifs is 5. The van der Waals surface area contributed by atoms with Gasteiger partial charge in [-0.2, -0.15) is 0 Å². The van der Waals surface area contributed by atoms with Gasteiger partial charge in [0, 0.05) is 76.5 Å². The molecule has 4 bridgehead atoms. The average Bonchev–Trinajstić information content (AvgIpc) is 4.08. The van der Waals surface area contributed by atoms with E-state index in [-0.39, 0.29) is 49.2 Å². The first kappa shape index (κ1) is 62.5. The topological polar surface area (TPSA) is 309 Å². The number of hydrogen-bond donors (Lipinski definition) is 10. The summed E-state index contributed by atoms with van der Waals surface area (Å²) in [5, 5.41) is 42.0. The molecule has 2 aromatic carbocycles. The maximum absolute atomic E-state index is 13.9. The van der Waals surface area contributed by atoms with Gasteiger partial charge >= 0.3 is 18.2 Å². The summed E-state index contributed by atoms with van der Waals surface area (Å²) in [4.78, 5) is 81.3. The first-order valence-electron chi connectivity index (χ1n) is 26.7. The molecule has 10 atom stereocenters. The molecular weight excluding hydrogens is 1080 g/mol. The number of amides is 7. The monoisotopic (exact) mass is 1150 g/mol. The zero-order valence-corrected chi connectivity index (χ0v) is 48.0. The van der Waals surface area contributed by atoms with Gasteiger partial charge in [0.2, 0.25) is 17.7 Å². The molecule has 0 radical (unpaired) electrons. The molecule has 0 aromatic heterocycles. The molecule has 23 nitrogen and oxygen atoms in total. The molecule has 0 saturated carbocycles. The molecule has 6 rings (SSSR count). The smallest absolute Gasteiger partial charge is 0.412 e. The number of urea groups is 1. The van der Waals surface area contributed by atoms with Crippen molar-refractivity contribution >= 4 is 81.9 Å². The number of epoxide rings is 1. The zero-order chi connectivity index (χ0) is 58.5. The average molecular weight is 1150 g/mol. The van der Waals surface area contributed by atoms with Crippen molar-refractivity contribution in [3.05, 3.63) is 82.9 Å². The van der Waals surface area contributed by atoms with Crippen LogP contribution in [0.1, 0.15) is 78.7 Å². The van der Waals surface area contributed by atoms with E-state index in [1.165, 1.54) is 24.2 Å². The molecule has 80 heavy (non-hydrogen) atoms. The number of primary amides is 1. The number of rotatable bonds is 19. The fourth-order valence-electron chi connectivity index (χ4n) is 10.0. The molecule has 1 unspecified atom stereocenters. The van der Waals surface area contributed by atoms with Crippen molar-refractivity contribution in [2.24, 2.45) is 17.6 Å². The lowest BCUT2D eigenvalue weighted by molar-refractivity contribution is -0.142. The number of methoxy groups -OCH3 is 2. The predicted molar refractivity (Wildman–Crippen MR) is 305 cm³/mol. The highest BCUT2D eigenvalue weighted by molar-refractivity contribution is 7.80. The lowest BCUT2D eigenvalue weighted by atomic mass is 9.83.